The van der Waals surface area contributed by atoms with Gasteiger partial charge in [0.15, 0.2) is 5.78 Å². The smallest absolute Gasteiger partial charge is 0.243 e. The van der Waals surface area contributed by atoms with E-state index in [0.29, 0.717) is 12.1 Å². The molecule has 0 aliphatic heterocycles. The van der Waals surface area contributed by atoms with Gasteiger partial charge in [0.2, 0.25) is 11.8 Å². The van der Waals surface area contributed by atoms with Crippen LogP contribution < -0.4 is 10.6 Å². The Labute approximate surface area is 191 Å². The first kappa shape index (κ1) is 23.7. The van der Waals surface area contributed by atoms with Gasteiger partial charge in [0.1, 0.15) is 6.54 Å². The summed E-state index contributed by atoms with van der Waals surface area (Å²) in [5.41, 5.74) is 3.59. The van der Waals surface area contributed by atoms with Crippen molar-refractivity contribution in [1.29, 1.82) is 0 Å². The number of aryl methyl sites for hydroxylation is 1. The Kier molecular flexibility index (Phi) is 7.47. The Morgan fingerprint density at radius 3 is 2.50 bits per heavy atom. The average Bonchev–Trinajstić information content (AvgIpc) is 3.11. The van der Waals surface area contributed by atoms with E-state index in [1.165, 1.54) is 6.92 Å². The van der Waals surface area contributed by atoms with Gasteiger partial charge < -0.3 is 14.8 Å². The number of rotatable bonds is 8. The first-order chi connectivity index (χ1) is 15.2. The van der Waals surface area contributed by atoms with E-state index in [-0.39, 0.29) is 36.7 Å². The molecule has 0 fully saturated rings. The highest BCUT2D eigenvalue weighted by Crippen LogP contribution is 2.22. The monoisotopic (exact) mass is 451 g/mol. The highest BCUT2D eigenvalue weighted by Gasteiger charge is 2.22. The molecule has 3 rings (SSSR count). The van der Waals surface area contributed by atoms with Crippen molar-refractivity contribution in [3.8, 4) is 0 Å². The lowest BCUT2D eigenvalue weighted by atomic mass is 10.1. The van der Waals surface area contributed by atoms with Crippen LogP contribution in [0.1, 0.15) is 42.3 Å². The summed E-state index contributed by atoms with van der Waals surface area (Å²) in [6.45, 7) is 7.77. The molecule has 1 heterocycles. The van der Waals surface area contributed by atoms with Crippen molar-refractivity contribution in [1.82, 2.24) is 14.8 Å². The maximum absolute atomic E-state index is 13.1. The maximum atomic E-state index is 13.1. The van der Waals surface area contributed by atoms with Crippen LogP contribution in [0.3, 0.4) is 0 Å². The first-order valence-corrected chi connectivity index (χ1v) is 11.3. The topological polar surface area (TPSA) is 71.4 Å². The van der Waals surface area contributed by atoms with E-state index < -0.39 is 0 Å². The molecule has 32 heavy (non-hydrogen) atoms. The van der Waals surface area contributed by atoms with Crippen LogP contribution in [0, 0.1) is 6.92 Å². The fourth-order valence-electron chi connectivity index (χ4n) is 3.75. The van der Waals surface area contributed by atoms with Gasteiger partial charge in [-0.25, -0.2) is 0 Å². The van der Waals surface area contributed by atoms with Gasteiger partial charge >= 0.3 is 0 Å². The van der Waals surface area contributed by atoms with Crippen molar-refractivity contribution < 1.29 is 14.4 Å². The molecule has 7 heteroatoms. The van der Waals surface area contributed by atoms with Crippen LogP contribution in [0.15, 0.2) is 48.7 Å². The van der Waals surface area contributed by atoms with Crippen LogP contribution in [0.2, 0.25) is 0 Å². The van der Waals surface area contributed by atoms with E-state index in [9.17, 15) is 14.4 Å². The molecular weight excluding hydrogens is 421 g/mol. The summed E-state index contributed by atoms with van der Waals surface area (Å²) < 4.78 is 1.79. The van der Waals surface area contributed by atoms with Gasteiger partial charge in [-0.3, -0.25) is 14.4 Å². The summed E-state index contributed by atoms with van der Waals surface area (Å²) >= 11 is 0. The predicted octanol–water partition coefficient (Wildman–Crippen LogP) is 3.21. The van der Waals surface area contributed by atoms with Gasteiger partial charge in [0.25, 0.3) is 0 Å². The fourth-order valence-corrected chi connectivity index (χ4v) is 4.05. The van der Waals surface area contributed by atoms with Crippen LogP contribution in [0.4, 0.5) is 0 Å². The summed E-state index contributed by atoms with van der Waals surface area (Å²) in [5, 5.41) is 4.82. The second-order valence-electron chi connectivity index (χ2n) is 8.28. The average molecular weight is 452 g/mol. The Hall–Kier alpha value is -2.98. The Balaban J connectivity index is 1.71. The number of para-hydroxylation sites is 1. The third-order valence-electron chi connectivity index (χ3n) is 5.62. The molecule has 2 amide bonds. The fraction of sp³-hybridized carbons (Fsp3) is 0.320. The van der Waals surface area contributed by atoms with Gasteiger partial charge in [-0.1, -0.05) is 36.4 Å². The summed E-state index contributed by atoms with van der Waals surface area (Å²) in [4.78, 5) is 39.3. The molecular formula is C25H30N3O3P. The largest absolute Gasteiger partial charge is 0.350 e. The number of hydrogen-bond acceptors (Lipinski definition) is 3. The molecule has 0 radical (unpaired) electrons. The van der Waals surface area contributed by atoms with E-state index in [1.54, 1.807) is 15.7 Å². The Bertz CT molecular complexity index is 1170. The zero-order chi connectivity index (χ0) is 23.4. The van der Waals surface area contributed by atoms with Crippen molar-refractivity contribution in [2.45, 2.75) is 46.8 Å². The summed E-state index contributed by atoms with van der Waals surface area (Å²) in [7, 11) is 2.71. The van der Waals surface area contributed by atoms with Gasteiger partial charge in [0.05, 0.1) is 6.54 Å². The number of aromatic nitrogens is 1. The lowest BCUT2D eigenvalue weighted by Crippen LogP contribution is -2.45. The van der Waals surface area contributed by atoms with Crippen LogP contribution in [0.5, 0.6) is 0 Å². The maximum Gasteiger partial charge on any atom is 0.243 e. The number of Topliss-reactive ketones (excluding diaryl/α,β-unsaturated/α-hetero) is 1. The molecule has 2 aromatic carbocycles. The number of hydrogen-bond donors (Lipinski definition) is 1. The number of carbonyl (C=O) groups excluding carboxylic acids is 3. The van der Waals surface area contributed by atoms with Crippen LogP contribution in [-0.4, -0.2) is 39.7 Å². The molecule has 0 saturated heterocycles. The third-order valence-corrected chi connectivity index (χ3v) is 6.45. The quantitative estimate of drug-likeness (QED) is 0.422. The lowest BCUT2D eigenvalue weighted by Gasteiger charge is -2.26. The number of nitrogens with zero attached hydrogens (tertiary/aromatic N) is 2. The summed E-state index contributed by atoms with van der Waals surface area (Å²) in [5.74, 6) is -0.426. The summed E-state index contributed by atoms with van der Waals surface area (Å²) in [6.07, 6.45) is 1.72. The number of ketones is 1. The number of benzene rings is 2. The predicted molar refractivity (Wildman–Crippen MR) is 131 cm³/mol. The molecule has 0 saturated carbocycles. The van der Waals surface area contributed by atoms with Crippen LogP contribution >= 0.6 is 9.24 Å². The number of amides is 2. The minimum atomic E-state index is -0.209. The lowest BCUT2D eigenvalue weighted by molar-refractivity contribution is -0.138. The van der Waals surface area contributed by atoms with Crippen molar-refractivity contribution in [3.63, 3.8) is 0 Å². The highest BCUT2D eigenvalue weighted by atomic mass is 31.0. The van der Waals surface area contributed by atoms with E-state index in [0.717, 1.165) is 27.3 Å². The molecule has 0 aliphatic rings. The van der Waals surface area contributed by atoms with Crippen LogP contribution in [0.25, 0.3) is 10.9 Å². The highest BCUT2D eigenvalue weighted by molar-refractivity contribution is 7.27. The second kappa shape index (κ2) is 10.1. The molecule has 0 bridgehead atoms. The zero-order valence-corrected chi connectivity index (χ0v) is 20.2. The van der Waals surface area contributed by atoms with E-state index >= 15 is 0 Å². The standard InChI is InChI=1S/C25H30N3O3P/c1-16(2)28(14-23(30)26-12-19-9-7-8-17(3)25(19)32)24(31)15-27-13-21(18(4)29)20-10-5-6-11-22(20)27/h5-11,13,16H,12,14-15,32H2,1-4H3,(H,26,30). The van der Waals surface area contributed by atoms with Gasteiger partial charge in [-0.15, -0.1) is 9.24 Å². The van der Waals surface area contributed by atoms with Crippen molar-refractivity contribution in [3.05, 3.63) is 65.4 Å². The number of carbonyl (C=O) groups is 3. The van der Waals surface area contributed by atoms with E-state index in [1.807, 2.05) is 63.2 Å². The van der Waals surface area contributed by atoms with Crippen molar-refractivity contribution in [2.75, 3.05) is 6.54 Å². The molecule has 1 unspecified atom stereocenters. The number of nitrogens with one attached hydrogen (secondary N) is 1. The molecule has 1 N–H and O–H groups in total. The zero-order valence-electron chi connectivity index (χ0n) is 19.0. The first-order valence-electron chi connectivity index (χ1n) is 10.7. The number of fused-ring (bicyclic) bond motifs is 1. The molecule has 1 atom stereocenters. The minimum Gasteiger partial charge on any atom is -0.350 e. The van der Waals surface area contributed by atoms with E-state index in [4.69, 9.17) is 0 Å². The molecule has 0 aliphatic carbocycles. The summed E-state index contributed by atoms with van der Waals surface area (Å²) in [6, 6.07) is 13.4. The van der Waals surface area contributed by atoms with Gasteiger partial charge in [0, 0.05) is 35.2 Å². The third kappa shape index (κ3) is 5.25. The molecule has 168 valence electrons. The molecule has 3 aromatic rings. The second-order valence-corrected chi connectivity index (χ2v) is 8.86. The van der Waals surface area contributed by atoms with Gasteiger partial charge in [-0.2, -0.15) is 0 Å². The molecule has 6 nitrogen and oxygen atoms in total. The Morgan fingerprint density at radius 2 is 1.81 bits per heavy atom. The van der Waals surface area contributed by atoms with Gasteiger partial charge in [-0.05, 0) is 50.2 Å². The molecule has 1 aromatic heterocycles. The SMILES string of the molecule is CC(=O)c1cn(CC(=O)N(CC(=O)NCc2cccc(C)c2P)C(C)C)c2ccccc12. The molecule has 0 spiro atoms. The Morgan fingerprint density at radius 1 is 1.09 bits per heavy atom. The van der Waals surface area contributed by atoms with Crippen molar-refractivity contribution in [2.24, 2.45) is 0 Å². The minimum absolute atomic E-state index is 0.0206. The van der Waals surface area contributed by atoms with Crippen LogP contribution in [-0.2, 0) is 22.7 Å². The normalized spacial score (nSPS) is 11.1. The van der Waals surface area contributed by atoms with E-state index in [2.05, 4.69) is 14.6 Å². The van der Waals surface area contributed by atoms with Crippen molar-refractivity contribution >= 4 is 43.0 Å².